The third kappa shape index (κ3) is 5.12. The van der Waals surface area contributed by atoms with Crippen molar-refractivity contribution in [1.82, 2.24) is 10.4 Å². The number of aromatic nitrogens is 1. The van der Waals surface area contributed by atoms with Gasteiger partial charge in [0.25, 0.3) is 0 Å². The first-order valence-electron chi connectivity index (χ1n) is 7.38. The van der Waals surface area contributed by atoms with Crippen LogP contribution < -0.4 is 15.6 Å². The van der Waals surface area contributed by atoms with Gasteiger partial charge in [-0.25, -0.2) is 19.6 Å². The molecule has 1 aromatic heterocycles. The second-order valence-corrected chi connectivity index (χ2v) is 6.12. The molecule has 0 saturated heterocycles. The molecule has 0 atom stereocenters. The van der Waals surface area contributed by atoms with E-state index in [1.165, 1.54) is 18.3 Å². The molecule has 7 heteroatoms. The molecular formula is C17H20FN3O3. The number of pyridine rings is 1. The third-order valence-corrected chi connectivity index (χ3v) is 2.84. The van der Waals surface area contributed by atoms with Crippen molar-refractivity contribution in [3.05, 3.63) is 47.9 Å². The lowest BCUT2D eigenvalue weighted by Crippen LogP contribution is -2.36. The predicted molar refractivity (Wildman–Crippen MR) is 88.4 cm³/mol. The van der Waals surface area contributed by atoms with Crippen LogP contribution in [0.2, 0.25) is 0 Å². The molecule has 6 nitrogen and oxygen atoms in total. The molecule has 24 heavy (non-hydrogen) atoms. The number of hydrogen-bond donors (Lipinski definition) is 2. The van der Waals surface area contributed by atoms with Crippen LogP contribution in [0, 0.1) is 12.7 Å². The molecule has 2 rings (SSSR count). The smallest absolute Gasteiger partial charge is 0.426 e. The Morgan fingerprint density at radius 1 is 1.25 bits per heavy atom. The van der Waals surface area contributed by atoms with Gasteiger partial charge >= 0.3 is 6.09 Å². The number of amides is 1. The third-order valence-electron chi connectivity index (χ3n) is 2.84. The molecule has 0 spiro atoms. The van der Waals surface area contributed by atoms with Gasteiger partial charge in [-0.1, -0.05) is 12.1 Å². The van der Waals surface area contributed by atoms with Crippen molar-refractivity contribution < 1.29 is 18.7 Å². The maximum atomic E-state index is 13.6. The number of carbonyl (C=O) groups excluding carboxylic acids is 1. The van der Waals surface area contributed by atoms with Crippen LogP contribution in [0.3, 0.4) is 0 Å². The van der Waals surface area contributed by atoms with Crippen molar-refractivity contribution >= 4 is 11.8 Å². The van der Waals surface area contributed by atoms with Gasteiger partial charge < -0.3 is 9.47 Å². The quantitative estimate of drug-likeness (QED) is 0.822. The molecule has 128 valence electrons. The maximum Gasteiger partial charge on any atom is 0.426 e. The largest absolute Gasteiger partial charge is 0.443 e. The molecule has 2 N–H and O–H groups in total. The van der Waals surface area contributed by atoms with E-state index in [0.29, 0.717) is 5.69 Å². The lowest BCUT2D eigenvalue weighted by atomic mass is 10.2. The number of hydrazine groups is 1. The fourth-order valence-corrected chi connectivity index (χ4v) is 1.78. The minimum Gasteiger partial charge on any atom is -0.443 e. The monoisotopic (exact) mass is 333 g/mol. The molecule has 0 unspecified atom stereocenters. The number of aryl methyl sites for hydroxylation is 1. The molecule has 0 radical (unpaired) electrons. The van der Waals surface area contributed by atoms with Crippen LogP contribution in [0.1, 0.15) is 26.3 Å². The number of nitrogens with one attached hydrogen (secondary N) is 2. The van der Waals surface area contributed by atoms with Crippen LogP contribution in [0.25, 0.3) is 0 Å². The molecule has 1 heterocycles. The first-order valence-corrected chi connectivity index (χ1v) is 7.38. The minimum absolute atomic E-state index is 0.0944. The Balaban J connectivity index is 2.00. The Kier molecular flexibility index (Phi) is 5.23. The molecule has 1 amide bonds. The lowest BCUT2D eigenvalue weighted by Gasteiger charge is -2.20. The van der Waals surface area contributed by atoms with Crippen molar-refractivity contribution in [3.63, 3.8) is 0 Å². The Morgan fingerprint density at radius 2 is 1.96 bits per heavy atom. The standard InChI is InChI=1S/C17H20FN3O3/c1-11-9-15(23-14-8-6-5-7-12(14)18)19-10-13(11)20-21-16(22)24-17(2,3)4/h5-10,20H,1-4H3,(H,21,22). The van der Waals surface area contributed by atoms with Gasteiger partial charge in [0.05, 0.1) is 11.9 Å². The van der Waals surface area contributed by atoms with E-state index in [0.717, 1.165) is 5.56 Å². The second kappa shape index (κ2) is 7.16. The van der Waals surface area contributed by atoms with E-state index in [9.17, 15) is 9.18 Å². The van der Waals surface area contributed by atoms with Crippen LogP contribution in [-0.4, -0.2) is 16.7 Å². The number of ether oxygens (including phenoxy) is 2. The zero-order valence-electron chi connectivity index (χ0n) is 14.0. The van der Waals surface area contributed by atoms with Crippen molar-refractivity contribution in [1.29, 1.82) is 0 Å². The predicted octanol–water partition coefficient (Wildman–Crippen LogP) is 4.17. The lowest BCUT2D eigenvalue weighted by molar-refractivity contribution is 0.0541. The Labute approximate surface area is 140 Å². The Hall–Kier alpha value is -2.83. The van der Waals surface area contributed by atoms with E-state index in [-0.39, 0.29) is 11.6 Å². The summed E-state index contributed by atoms with van der Waals surface area (Å²) in [6.07, 6.45) is 0.872. The maximum absolute atomic E-state index is 13.6. The summed E-state index contributed by atoms with van der Waals surface area (Å²) in [4.78, 5) is 15.7. The van der Waals surface area contributed by atoms with Crippen LogP contribution in [0.15, 0.2) is 36.5 Å². The van der Waals surface area contributed by atoms with E-state index in [1.807, 2.05) is 0 Å². The SMILES string of the molecule is Cc1cc(Oc2ccccc2F)ncc1NNC(=O)OC(C)(C)C. The molecule has 2 aromatic rings. The average Bonchev–Trinajstić information content (AvgIpc) is 2.47. The van der Waals surface area contributed by atoms with Crippen LogP contribution >= 0.6 is 0 Å². The molecule has 0 aliphatic carbocycles. The highest BCUT2D eigenvalue weighted by atomic mass is 19.1. The van der Waals surface area contributed by atoms with Gasteiger partial charge in [-0.2, -0.15) is 0 Å². The number of halogens is 1. The van der Waals surface area contributed by atoms with Crippen LogP contribution in [-0.2, 0) is 4.74 Å². The number of carbonyl (C=O) groups is 1. The molecule has 0 saturated carbocycles. The summed E-state index contributed by atoms with van der Waals surface area (Å²) < 4.78 is 24.1. The average molecular weight is 333 g/mol. The fourth-order valence-electron chi connectivity index (χ4n) is 1.78. The molecule has 0 aliphatic heterocycles. The van der Waals surface area contributed by atoms with Crippen LogP contribution in [0.5, 0.6) is 11.6 Å². The second-order valence-electron chi connectivity index (χ2n) is 6.12. The zero-order chi connectivity index (χ0) is 17.7. The summed E-state index contributed by atoms with van der Waals surface area (Å²) >= 11 is 0. The van der Waals surface area contributed by atoms with Crippen molar-refractivity contribution in [3.8, 4) is 11.6 Å². The summed E-state index contributed by atoms with van der Waals surface area (Å²) in [5.41, 5.74) is 5.88. The molecular weight excluding hydrogens is 313 g/mol. The topological polar surface area (TPSA) is 72.5 Å². The van der Waals surface area contributed by atoms with Crippen LogP contribution in [0.4, 0.5) is 14.9 Å². The van der Waals surface area contributed by atoms with Gasteiger partial charge in [0.2, 0.25) is 5.88 Å². The molecule has 0 fully saturated rings. The fraction of sp³-hybridized carbons (Fsp3) is 0.294. The number of benzene rings is 1. The summed E-state index contributed by atoms with van der Waals surface area (Å²) in [5.74, 6) is -0.122. The normalized spacial score (nSPS) is 10.9. The number of para-hydroxylation sites is 1. The highest BCUT2D eigenvalue weighted by Gasteiger charge is 2.16. The van der Waals surface area contributed by atoms with Gasteiger partial charge in [0, 0.05) is 6.07 Å². The Bertz CT molecular complexity index is 729. The number of nitrogens with zero attached hydrogens (tertiary/aromatic N) is 1. The van der Waals surface area contributed by atoms with Gasteiger partial charge in [0.1, 0.15) is 5.60 Å². The van der Waals surface area contributed by atoms with E-state index >= 15 is 0 Å². The van der Waals surface area contributed by atoms with E-state index < -0.39 is 17.5 Å². The number of hydrogen-bond acceptors (Lipinski definition) is 5. The van der Waals surface area contributed by atoms with E-state index in [1.54, 1.807) is 45.9 Å². The number of anilines is 1. The minimum atomic E-state index is -0.603. The summed E-state index contributed by atoms with van der Waals surface area (Å²) in [6, 6.07) is 7.71. The Morgan fingerprint density at radius 3 is 2.58 bits per heavy atom. The first-order chi connectivity index (χ1) is 11.2. The highest BCUT2D eigenvalue weighted by Crippen LogP contribution is 2.25. The van der Waals surface area contributed by atoms with Gasteiger partial charge in [0.15, 0.2) is 11.6 Å². The summed E-state index contributed by atoms with van der Waals surface area (Å²) in [7, 11) is 0. The first kappa shape index (κ1) is 17.5. The molecule has 1 aromatic carbocycles. The van der Waals surface area contributed by atoms with Gasteiger partial charge in [-0.15, -0.1) is 0 Å². The van der Waals surface area contributed by atoms with Crippen molar-refractivity contribution in [2.75, 3.05) is 5.43 Å². The summed E-state index contributed by atoms with van der Waals surface area (Å²) in [6.45, 7) is 7.12. The highest BCUT2D eigenvalue weighted by molar-refractivity contribution is 5.70. The van der Waals surface area contributed by atoms with Gasteiger partial charge in [-0.3, -0.25) is 5.43 Å². The molecule has 0 aliphatic rings. The van der Waals surface area contributed by atoms with Crippen molar-refractivity contribution in [2.24, 2.45) is 0 Å². The number of rotatable bonds is 4. The molecule has 0 bridgehead atoms. The zero-order valence-corrected chi connectivity index (χ0v) is 14.0. The van der Waals surface area contributed by atoms with Crippen molar-refractivity contribution in [2.45, 2.75) is 33.3 Å². The van der Waals surface area contributed by atoms with E-state index in [2.05, 4.69) is 15.8 Å². The van der Waals surface area contributed by atoms with E-state index in [4.69, 9.17) is 9.47 Å². The van der Waals surface area contributed by atoms with Gasteiger partial charge in [-0.05, 0) is 45.4 Å². The summed E-state index contributed by atoms with van der Waals surface area (Å²) in [5, 5.41) is 0.